The standard InChI is InChI=1S/C12H11F2NO5/c13-7-2-1-3-8(14)6(7)4-10(16)15-9(12(19)20)5-11(17)18/h1-3,9H,4-5H2,(H,15,16)(H,17,18)(H,19,20)/t9-/m1/s1. The van der Waals surface area contributed by atoms with Crippen LogP contribution in [0, 0.1) is 11.6 Å². The van der Waals surface area contributed by atoms with E-state index in [0.717, 1.165) is 18.2 Å². The molecule has 0 heterocycles. The largest absolute Gasteiger partial charge is 0.481 e. The molecule has 0 saturated carbocycles. The van der Waals surface area contributed by atoms with Crippen LogP contribution in [-0.4, -0.2) is 34.1 Å². The third-order valence-corrected chi connectivity index (χ3v) is 2.41. The van der Waals surface area contributed by atoms with Crippen LogP contribution in [0.15, 0.2) is 18.2 Å². The van der Waals surface area contributed by atoms with E-state index < -0.39 is 53.9 Å². The molecule has 108 valence electrons. The monoisotopic (exact) mass is 287 g/mol. The van der Waals surface area contributed by atoms with Gasteiger partial charge in [-0.25, -0.2) is 13.6 Å². The van der Waals surface area contributed by atoms with Crippen LogP contribution in [0.3, 0.4) is 0 Å². The fraction of sp³-hybridized carbons (Fsp3) is 0.250. The third kappa shape index (κ3) is 4.30. The van der Waals surface area contributed by atoms with Crippen molar-refractivity contribution in [3.05, 3.63) is 35.4 Å². The minimum Gasteiger partial charge on any atom is -0.481 e. The highest BCUT2D eigenvalue weighted by Gasteiger charge is 2.24. The lowest BCUT2D eigenvalue weighted by atomic mass is 10.1. The van der Waals surface area contributed by atoms with E-state index in [1.165, 1.54) is 0 Å². The molecule has 3 N–H and O–H groups in total. The highest BCUT2D eigenvalue weighted by molar-refractivity contribution is 5.87. The van der Waals surface area contributed by atoms with Crippen LogP contribution in [0.5, 0.6) is 0 Å². The molecule has 0 unspecified atom stereocenters. The summed E-state index contributed by atoms with van der Waals surface area (Å²) in [5.41, 5.74) is -0.510. The molecule has 0 spiro atoms. The van der Waals surface area contributed by atoms with Crippen molar-refractivity contribution in [3.8, 4) is 0 Å². The van der Waals surface area contributed by atoms with E-state index >= 15 is 0 Å². The summed E-state index contributed by atoms with van der Waals surface area (Å²) in [7, 11) is 0. The lowest BCUT2D eigenvalue weighted by Crippen LogP contribution is -2.43. The number of carboxylic acid groups (broad SMARTS) is 2. The fourth-order valence-corrected chi connectivity index (χ4v) is 1.48. The molecule has 0 aliphatic heterocycles. The van der Waals surface area contributed by atoms with E-state index in [-0.39, 0.29) is 0 Å². The zero-order valence-corrected chi connectivity index (χ0v) is 10.1. The molecule has 0 aliphatic carbocycles. The maximum absolute atomic E-state index is 13.3. The van der Waals surface area contributed by atoms with Gasteiger partial charge in [0.15, 0.2) is 0 Å². The molecule has 1 aromatic carbocycles. The molecule has 1 rings (SSSR count). The highest BCUT2D eigenvalue weighted by Crippen LogP contribution is 2.12. The number of rotatable bonds is 6. The molecular weight excluding hydrogens is 276 g/mol. The van der Waals surface area contributed by atoms with Crippen LogP contribution in [0.2, 0.25) is 0 Å². The van der Waals surface area contributed by atoms with Crippen LogP contribution in [-0.2, 0) is 20.8 Å². The molecule has 0 fully saturated rings. The van der Waals surface area contributed by atoms with Crippen LogP contribution >= 0.6 is 0 Å². The van der Waals surface area contributed by atoms with E-state index in [1.807, 2.05) is 5.32 Å². The average molecular weight is 287 g/mol. The Bertz CT molecular complexity index is 526. The Balaban J connectivity index is 2.76. The first-order valence-electron chi connectivity index (χ1n) is 5.48. The molecule has 0 bridgehead atoms. The van der Waals surface area contributed by atoms with Crippen molar-refractivity contribution in [1.29, 1.82) is 0 Å². The van der Waals surface area contributed by atoms with E-state index in [0.29, 0.717) is 0 Å². The van der Waals surface area contributed by atoms with Gasteiger partial charge in [-0.1, -0.05) is 6.07 Å². The van der Waals surface area contributed by atoms with E-state index in [9.17, 15) is 23.2 Å². The number of benzene rings is 1. The fourth-order valence-electron chi connectivity index (χ4n) is 1.48. The summed E-state index contributed by atoms with van der Waals surface area (Å²) in [6, 6.07) is 1.38. The number of aliphatic carboxylic acids is 2. The molecule has 0 aromatic heterocycles. The lowest BCUT2D eigenvalue weighted by Gasteiger charge is -2.12. The predicted octanol–water partition coefficient (Wildman–Crippen LogP) is 0.551. The number of amides is 1. The van der Waals surface area contributed by atoms with Gasteiger partial charge in [-0.05, 0) is 12.1 Å². The molecule has 0 radical (unpaired) electrons. The maximum atomic E-state index is 13.3. The molecule has 1 aromatic rings. The molecule has 0 saturated heterocycles. The van der Waals surface area contributed by atoms with Gasteiger partial charge in [0.2, 0.25) is 5.91 Å². The van der Waals surface area contributed by atoms with E-state index in [1.54, 1.807) is 0 Å². The quantitative estimate of drug-likeness (QED) is 0.709. The first-order chi connectivity index (χ1) is 9.31. The predicted molar refractivity (Wildman–Crippen MR) is 61.9 cm³/mol. The zero-order valence-electron chi connectivity index (χ0n) is 10.1. The van der Waals surface area contributed by atoms with Crippen molar-refractivity contribution in [1.82, 2.24) is 5.32 Å². The smallest absolute Gasteiger partial charge is 0.326 e. The molecule has 20 heavy (non-hydrogen) atoms. The second kappa shape index (κ2) is 6.60. The Morgan fingerprint density at radius 2 is 1.70 bits per heavy atom. The van der Waals surface area contributed by atoms with Crippen LogP contribution in [0.1, 0.15) is 12.0 Å². The number of hydrogen-bond acceptors (Lipinski definition) is 3. The van der Waals surface area contributed by atoms with Gasteiger partial charge in [-0.2, -0.15) is 0 Å². The minimum atomic E-state index is -1.66. The van der Waals surface area contributed by atoms with Gasteiger partial charge in [0.05, 0.1) is 12.8 Å². The summed E-state index contributed by atoms with van der Waals surface area (Å²) < 4.78 is 26.6. The van der Waals surface area contributed by atoms with E-state index in [2.05, 4.69) is 0 Å². The maximum Gasteiger partial charge on any atom is 0.326 e. The minimum absolute atomic E-state index is 0.510. The Morgan fingerprint density at radius 3 is 2.15 bits per heavy atom. The van der Waals surface area contributed by atoms with Crippen molar-refractivity contribution in [3.63, 3.8) is 0 Å². The molecule has 1 amide bonds. The van der Waals surface area contributed by atoms with Crippen molar-refractivity contribution in [2.45, 2.75) is 18.9 Å². The Hall–Kier alpha value is -2.51. The van der Waals surface area contributed by atoms with Gasteiger partial charge >= 0.3 is 11.9 Å². The zero-order chi connectivity index (χ0) is 15.3. The average Bonchev–Trinajstić information content (AvgIpc) is 2.32. The molecule has 1 atom stereocenters. The molecule has 0 aliphatic rings. The van der Waals surface area contributed by atoms with Crippen LogP contribution in [0.4, 0.5) is 8.78 Å². The SMILES string of the molecule is O=C(O)C[C@@H](NC(=O)Cc1c(F)cccc1F)C(=O)O. The highest BCUT2D eigenvalue weighted by atomic mass is 19.1. The van der Waals surface area contributed by atoms with Gasteiger partial charge in [-0.15, -0.1) is 0 Å². The second-order valence-corrected chi connectivity index (χ2v) is 3.93. The lowest BCUT2D eigenvalue weighted by molar-refractivity contribution is -0.147. The molecule has 6 nitrogen and oxygen atoms in total. The number of carbonyl (C=O) groups is 3. The number of nitrogens with one attached hydrogen (secondary N) is 1. The van der Waals surface area contributed by atoms with Gasteiger partial charge in [0.1, 0.15) is 17.7 Å². The van der Waals surface area contributed by atoms with Crippen molar-refractivity contribution >= 4 is 17.8 Å². The van der Waals surface area contributed by atoms with Crippen molar-refractivity contribution < 1.29 is 33.4 Å². The van der Waals surface area contributed by atoms with Crippen molar-refractivity contribution in [2.75, 3.05) is 0 Å². The number of carbonyl (C=O) groups excluding carboxylic acids is 1. The number of hydrogen-bond donors (Lipinski definition) is 3. The molecule has 8 heteroatoms. The number of carboxylic acids is 2. The third-order valence-electron chi connectivity index (χ3n) is 2.41. The van der Waals surface area contributed by atoms with Crippen molar-refractivity contribution in [2.24, 2.45) is 0 Å². The van der Waals surface area contributed by atoms with Gasteiger partial charge in [0, 0.05) is 5.56 Å². The number of halogens is 2. The van der Waals surface area contributed by atoms with Gasteiger partial charge in [0.25, 0.3) is 0 Å². The summed E-state index contributed by atoms with van der Waals surface area (Å²) in [5, 5.41) is 19.1. The van der Waals surface area contributed by atoms with Crippen LogP contribution in [0.25, 0.3) is 0 Å². The summed E-state index contributed by atoms with van der Waals surface area (Å²) in [4.78, 5) is 32.7. The summed E-state index contributed by atoms with van der Waals surface area (Å²) in [6.45, 7) is 0. The Kier molecular flexibility index (Phi) is 5.13. The topological polar surface area (TPSA) is 104 Å². The normalized spacial score (nSPS) is 11.7. The Morgan fingerprint density at radius 1 is 1.15 bits per heavy atom. The molecular formula is C12H11F2NO5. The van der Waals surface area contributed by atoms with Gasteiger partial charge in [-0.3, -0.25) is 9.59 Å². The summed E-state index contributed by atoms with van der Waals surface area (Å²) >= 11 is 0. The second-order valence-electron chi connectivity index (χ2n) is 3.93. The first kappa shape index (κ1) is 15.5. The summed E-state index contributed by atoms with van der Waals surface area (Å²) in [6.07, 6.45) is -1.55. The summed E-state index contributed by atoms with van der Waals surface area (Å²) in [5.74, 6) is -5.83. The van der Waals surface area contributed by atoms with Gasteiger partial charge < -0.3 is 15.5 Å². The van der Waals surface area contributed by atoms with Crippen LogP contribution < -0.4 is 5.32 Å². The Labute approximate surface area is 112 Å². The van der Waals surface area contributed by atoms with E-state index in [4.69, 9.17) is 10.2 Å². The first-order valence-corrected chi connectivity index (χ1v) is 5.48.